The molecule has 0 atom stereocenters. The molecule has 0 spiro atoms. The number of nitrogens with one attached hydrogen (secondary N) is 2. The lowest BCUT2D eigenvalue weighted by molar-refractivity contribution is -0.105. The topological polar surface area (TPSA) is 75.6 Å². The zero-order valence-electron chi connectivity index (χ0n) is 25.8. The van der Waals surface area contributed by atoms with E-state index < -0.39 is 5.54 Å². The zero-order valence-corrected chi connectivity index (χ0v) is 25.8. The third-order valence-corrected chi connectivity index (χ3v) is 8.88. The van der Waals surface area contributed by atoms with Crippen LogP contribution in [0.1, 0.15) is 22.3 Å². The Balaban J connectivity index is 1.48. The molecule has 3 heterocycles. The smallest absolute Gasteiger partial charge is 0.211 e. The van der Waals surface area contributed by atoms with Gasteiger partial charge in [-0.05, 0) is 53.4 Å². The molecule has 0 fully saturated rings. The van der Waals surface area contributed by atoms with E-state index in [0.29, 0.717) is 17.8 Å². The van der Waals surface area contributed by atoms with Gasteiger partial charge in [0, 0.05) is 33.9 Å². The van der Waals surface area contributed by atoms with Crippen LogP contribution in [0.4, 0.5) is 5.69 Å². The highest BCUT2D eigenvalue weighted by atomic mass is 16.1. The molecule has 1 amide bonds. The van der Waals surface area contributed by atoms with Gasteiger partial charge in [-0.1, -0.05) is 115 Å². The first kappa shape index (κ1) is 28.2. The molecule has 8 aromatic rings. The van der Waals surface area contributed by atoms with Crippen molar-refractivity contribution in [3.05, 3.63) is 174 Å². The monoisotopic (exact) mass is 609 g/mol. The quantitative estimate of drug-likeness (QED) is 0.133. The minimum atomic E-state index is -0.771. The zero-order chi connectivity index (χ0) is 31.8. The maximum absolute atomic E-state index is 11.2. The van der Waals surface area contributed by atoms with E-state index in [1.165, 1.54) is 5.56 Å². The van der Waals surface area contributed by atoms with Crippen LogP contribution in [0, 0.1) is 6.92 Å². The molecular weight excluding hydrogens is 578 g/mol. The molecule has 2 N–H and O–H groups in total. The van der Waals surface area contributed by atoms with Gasteiger partial charge in [-0.2, -0.15) is 0 Å². The Morgan fingerprint density at radius 1 is 0.745 bits per heavy atom. The molecule has 0 bridgehead atoms. The lowest BCUT2D eigenvalue weighted by Crippen LogP contribution is -2.37. The number of aromatic amines is 1. The largest absolute Gasteiger partial charge is 0.354 e. The number of fused-ring (bicyclic) bond motifs is 2. The van der Waals surface area contributed by atoms with E-state index in [9.17, 15) is 4.79 Å². The Morgan fingerprint density at radius 2 is 1.40 bits per heavy atom. The molecule has 6 nitrogen and oxygen atoms in total. The number of amides is 1. The molecule has 0 aliphatic carbocycles. The van der Waals surface area contributed by atoms with Crippen LogP contribution in [0.2, 0.25) is 0 Å². The molecule has 3 aromatic heterocycles. The van der Waals surface area contributed by atoms with Crippen LogP contribution in [0.5, 0.6) is 0 Å². The molecule has 0 aliphatic heterocycles. The molecule has 0 saturated heterocycles. The van der Waals surface area contributed by atoms with Gasteiger partial charge in [0.25, 0.3) is 0 Å². The van der Waals surface area contributed by atoms with Gasteiger partial charge in [-0.25, -0.2) is 9.97 Å². The van der Waals surface area contributed by atoms with Crippen LogP contribution in [0.25, 0.3) is 44.6 Å². The van der Waals surface area contributed by atoms with Gasteiger partial charge >= 0.3 is 0 Å². The normalized spacial score (nSPS) is 11.6. The predicted octanol–water partition coefficient (Wildman–Crippen LogP) is 8.96. The van der Waals surface area contributed by atoms with Gasteiger partial charge in [-0.3, -0.25) is 4.79 Å². The van der Waals surface area contributed by atoms with E-state index in [4.69, 9.17) is 9.97 Å². The van der Waals surface area contributed by atoms with Crippen LogP contribution in [0.15, 0.2) is 152 Å². The molecule has 47 heavy (non-hydrogen) atoms. The van der Waals surface area contributed by atoms with Gasteiger partial charge < -0.3 is 14.9 Å². The Hall–Kier alpha value is -6.27. The van der Waals surface area contributed by atoms with E-state index in [0.717, 1.165) is 55.6 Å². The third kappa shape index (κ3) is 4.78. The van der Waals surface area contributed by atoms with Gasteiger partial charge in [-0.15, -0.1) is 0 Å². The summed E-state index contributed by atoms with van der Waals surface area (Å²) in [5.74, 6) is 0. The molecular formula is C41H31N5O. The van der Waals surface area contributed by atoms with Crippen molar-refractivity contribution in [1.29, 1.82) is 0 Å². The number of aryl methyl sites for hydroxylation is 1. The Labute approximate surface area is 272 Å². The summed E-state index contributed by atoms with van der Waals surface area (Å²) < 4.78 is 2.29. The number of hydrogen-bond acceptors (Lipinski definition) is 3. The van der Waals surface area contributed by atoms with E-state index in [2.05, 4.69) is 143 Å². The number of nitrogens with zero attached hydrogens (tertiary/aromatic N) is 3. The number of carbonyl (C=O) groups excluding carboxylic acids is 1. The number of benzene rings is 5. The summed E-state index contributed by atoms with van der Waals surface area (Å²) >= 11 is 0. The van der Waals surface area contributed by atoms with Crippen molar-refractivity contribution in [3.8, 4) is 22.5 Å². The first-order chi connectivity index (χ1) is 23.1. The van der Waals surface area contributed by atoms with Gasteiger partial charge in [0.05, 0.1) is 17.6 Å². The second-order valence-corrected chi connectivity index (χ2v) is 11.8. The Kier molecular flexibility index (Phi) is 6.95. The second kappa shape index (κ2) is 11.6. The summed E-state index contributed by atoms with van der Waals surface area (Å²) in [5.41, 5.74) is 10.5. The number of hydrogen-bond donors (Lipinski definition) is 2. The highest BCUT2D eigenvalue weighted by molar-refractivity contribution is 5.96. The molecule has 226 valence electrons. The first-order valence-corrected chi connectivity index (χ1v) is 15.6. The summed E-state index contributed by atoms with van der Waals surface area (Å²) in [5, 5.41) is 3.88. The van der Waals surface area contributed by atoms with E-state index in [1.807, 2.05) is 30.5 Å². The number of anilines is 1. The van der Waals surface area contributed by atoms with Crippen molar-refractivity contribution >= 4 is 34.2 Å². The van der Waals surface area contributed by atoms with Crippen molar-refractivity contribution < 1.29 is 4.79 Å². The van der Waals surface area contributed by atoms with Gasteiger partial charge in [0.15, 0.2) is 5.65 Å². The average molecular weight is 610 g/mol. The molecule has 0 radical (unpaired) electrons. The standard InChI is InChI=1S/C41H31N5O/c1-28-20-21-30-24-37(44-36(30)22-28)35-26-46(40-39(35)45-38(25-42-40)29-12-11-19-34(23-29)43-27-47)41(31-13-5-2-6-14-31,32-15-7-3-8-16-32)33-17-9-4-10-18-33/h2-27,44H,1H3,(H,43,47). The maximum Gasteiger partial charge on any atom is 0.211 e. The molecule has 0 saturated carbocycles. The highest BCUT2D eigenvalue weighted by Crippen LogP contribution is 2.45. The van der Waals surface area contributed by atoms with Crippen molar-refractivity contribution in [1.82, 2.24) is 19.5 Å². The third-order valence-electron chi connectivity index (χ3n) is 8.88. The minimum absolute atomic E-state index is 0.681. The molecule has 6 heteroatoms. The van der Waals surface area contributed by atoms with Gasteiger partial charge in [0.2, 0.25) is 6.41 Å². The lowest BCUT2D eigenvalue weighted by Gasteiger charge is -2.38. The number of rotatable bonds is 8. The summed E-state index contributed by atoms with van der Waals surface area (Å²) in [6.45, 7) is 2.10. The lowest BCUT2D eigenvalue weighted by atomic mass is 9.76. The summed E-state index contributed by atoms with van der Waals surface area (Å²) in [6.07, 6.45) is 4.70. The number of H-pyrrole nitrogens is 1. The van der Waals surface area contributed by atoms with Crippen LogP contribution in [0.3, 0.4) is 0 Å². The molecule has 0 unspecified atom stereocenters. The highest BCUT2D eigenvalue weighted by Gasteiger charge is 2.40. The Bertz CT molecular complexity index is 2260. The summed E-state index contributed by atoms with van der Waals surface area (Å²) in [4.78, 5) is 25.4. The van der Waals surface area contributed by atoms with Crippen molar-refractivity contribution in [2.24, 2.45) is 0 Å². The van der Waals surface area contributed by atoms with Crippen molar-refractivity contribution in [2.45, 2.75) is 12.5 Å². The van der Waals surface area contributed by atoms with Gasteiger partial charge in [0.1, 0.15) is 11.1 Å². The fourth-order valence-corrected chi connectivity index (χ4v) is 6.76. The summed E-state index contributed by atoms with van der Waals surface area (Å²) in [6, 6.07) is 48.1. The number of aromatic nitrogens is 4. The fourth-order valence-electron chi connectivity index (χ4n) is 6.76. The van der Waals surface area contributed by atoms with Crippen LogP contribution in [-0.4, -0.2) is 25.9 Å². The molecule has 5 aromatic carbocycles. The number of carbonyl (C=O) groups is 1. The van der Waals surface area contributed by atoms with Crippen LogP contribution in [-0.2, 0) is 10.3 Å². The SMILES string of the molecule is Cc1ccc2cc(-c3cn(C(c4ccccc4)(c4ccccc4)c4ccccc4)c4ncc(-c5cccc(NC=O)c5)nc34)[nH]c2c1. The fraction of sp³-hybridized carbons (Fsp3) is 0.0488. The maximum atomic E-state index is 11.2. The first-order valence-electron chi connectivity index (χ1n) is 15.6. The summed E-state index contributed by atoms with van der Waals surface area (Å²) in [7, 11) is 0. The van der Waals surface area contributed by atoms with E-state index in [1.54, 1.807) is 0 Å². The van der Waals surface area contributed by atoms with Crippen LogP contribution >= 0.6 is 0 Å². The predicted molar refractivity (Wildman–Crippen MR) is 189 cm³/mol. The molecule has 0 aliphatic rings. The van der Waals surface area contributed by atoms with E-state index >= 15 is 0 Å². The van der Waals surface area contributed by atoms with Crippen LogP contribution < -0.4 is 5.32 Å². The average Bonchev–Trinajstić information content (AvgIpc) is 3.72. The second-order valence-electron chi connectivity index (χ2n) is 11.8. The molecule has 8 rings (SSSR count). The van der Waals surface area contributed by atoms with Crippen molar-refractivity contribution in [3.63, 3.8) is 0 Å². The van der Waals surface area contributed by atoms with E-state index in [-0.39, 0.29) is 0 Å². The Morgan fingerprint density at radius 3 is 2.04 bits per heavy atom. The van der Waals surface area contributed by atoms with Crippen molar-refractivity contribution in [2.75, 3.05) is 5.32 Å². The minimum Gasteiger partial charge on any atom is -0.354 e.